The maximum absolute atomic E-state index is 11.8. The van der Waals surface area contributed by atoms with Crippen LogP contribution in [0.5, 0.6) is 0 Å². The smallest absolute Gasteiger partial charge is 0.224 e. The number of nitrogen functional groups attached to an aromatic ring is 1. The fourth-order valence-corrected chi connectivity index (χ4v) is 2.20. The van der Waals surface area contributed by atoms with Crippen LogP contribution in [0.1, 0.15) is 31.2 Å². The molecule has 0 radical (unpaired) electrons. The maximum Gasteiger partial charge on any atom is 0.224 e. The molecule has 1 atom stereocenters. The Morgan fingerprint density at radius 2 is 2.39 bits per heavy atom. The van der Waals surface area contributed by atoms with Gasteiger partial charge >= 0.3 is 0 Å². The number of ether oxygens (including phenoxy) is 1. The van der Waals surface area contributed by atoms with Crippen LogP contribution in [0.15, 0.2) is 18.2 Å². The van der Waals surface area contributed by atoms with Gasteiger partial charge in [0.15, 0.2) is 0 Å². The first-order chi connectivity index (χ1) is 8.65. The largest absolute Gasteiger partial charge is 0.399 e. The lowest BCUT2D eigenvalue weighted by molar-refractivity contribution is -0.116. The van der Waals surface area contributed by atoms with E-state index in [-0.39, 0.29) is 12.0 Å². The van der Waals surface area contributed by atoms with E-state index in [1.54, 1.807) is 6.07 Å². The van der Waals surface area contributed by atoms with E-state index in [9.17, 15) is 4.79 Å². The van der Waals surface area contributed by atoms with Gasteiger partial charge in [-0.25, -0.2) is 0 Å². The summed E-state index contributed by atoms with van der Waals surface area (Å²) in [5.74, 6) is 0.0402. The molecule has 0 aliphatic carbocycles. The molecule has 1 amide bonds. The minimum Gasteiger partial charge on any atom is -0.399 e. The predicted octanol–water partition coefficient (Wildman–Crippen LogP) is 2.47. The van der Waals surface area contributed by atoms with Gasteiger partial charge in [-0.3, -0.25) is 4.79 Å². The number of nitrogens with one attached hydrogen (secondary N) is 1. The average Bonchev–Trinajstić information content (AvgIpc) is 2.83. The van der Waals surface area contributed by atoms with Crippen LogP contribution >= 0.6 is 0 Å². The highest BCUT2D eigenvalue weighted by Gasteiger charge is 2.16. The molecule has 0 aromatic heterocycles. The molecule has 1 saturated heterocycles. The molecule has 0 bridgehead atoms. The second-order valence-electron chi connectivity index (χ2n) is 4.80. The molecule has 18 heavy (non-hydrogen) atoms. The summed E-state index contributed by atoms with van der Waals surface area (Å²) in [6.07, 6.45) is 3.77. The van der Waals surface area contributed by atoms with Crippen LogP contribution in [-0.2, 0) is 9.53 Å². The van der Waals surface area contributed by atoms with Crippen LogP contribution in [0.4, 0.5) is 11.4 Å². The van der Waals surface area contributed by atoms with Gasteiger partial charge in [0.05, 0.1) is 6.10 Å². The molecule has 1 heterocycles. The summed E-state index contributed by atoms with van der Waals surface area (Å²) in [4.78, 5) is 11.8. The van der Waals surface area contributed by atoms with Crippen LogP contribution in [0.2, 0.25) is 0 Å². The fourth-order valence-electron chi connectivity index (χ4n) is 2.20. The second kappa shape index (κ2) is 5.87. The standard InChI is InChI=1S/C14H20N2O2/c1-10-9-11(15)4-6-13(10)16-14(17)7-5-12-3-2-8-18-12/h4,6,9,12H,2-3,5,7-8,15H2,1H3,(H,16,17). The topological polar surface area (TPSA) is 64.3 Å². The van der Waals surface area contributed by atoms with Crippen molar-refractivity contribution in [3.63, 3.8) is 0 Å². The number of benzene rings is 1. The number of hydrogen-bond donors (Lipinski definition) is 2. The molecule has 0 saturated carbocycles. The van der Waals surface area contributed by atoms with Crippen LogP contribution in [0.3, 0.4) is 0 Å². The lowest BCUT2D eigenvalue weighted by Crippen LogP contribution is -2.15. The highest BCUT2D eigenvalue weighted by atomic mass is 16.5. The maximum atomic E-state index is 11.8. The van der Waals surface area contributed by atoms with Crippen LogP contribution in [0.25, 0.3) is 0 Å². The Kier molecular flexibility index (Phi) is 4.20. The van der Waals surface area contributed by atoms with E-state index < -0.39 is 0 Å². The first kappa shape index (κ1) is 12.9. The molecule has 1 aromatic rings. The average molecular weight is 248 g/mol. The zero-order chi connectivity index (χ0) is 13.0. The van der Waals surface area contributed by atoms with Crippen molar-refractivity contribution < 1.29 is 9.53 Å². The Labute approximate surface area is 108 Å². The molecule has 0 spiro atoms. The van der Waals surface area contributed by atoms with E-state index in [2.05, 4.69) is 5.32 Å². The van der Waals surface area contributed by atoms with Crippen molar-refractivity contribution in [1.29, 1.82) is 0 Å². The monoisotopic (exact) mass is 248 g/mol. The summed E-state index contributed by atoms with van der Waals surface area (Å²) in [5.41, 5.74) is 8.20. The van der Waals surface area contributed by atoms with Gasteiger partial charge in [0, 0.05) is 24.4 Å². The van der Waals surface area contributed by atoms with Crippen molar-refractivity contribution in [3.8, 4) is 0 Å². The number of aryl methyl sites for hydroxylation is 1. The molecular formula is C14H20N2O2. The molecule has 1 aromatic carbocycles. The first-order valence-electron chi connectivity index (χ1n) is 6.43. The van der Waals surface area contributed by atoms with Gasteiger partial charge in [0.2, 0.25) is 5.91 Å². The van der Waals surface area contributed by atoms with Crippen molar-refractivity contribution >= 4 is 17.3 Å². The summed E-state index contributed by atoms with van der Waals surface area (Å²) in [5, 5.41) is 2.91. The normalized spacial score (nSPS) is 18.8. The van der Waals surface area contributed by atoms with Crippen molar-refractivity contribution in [3.05, 3.63) is 23.8 Å². The quantitative estimate of drug-likeness (QED) is 0.804. The minimum atomic E-state index is 0.0402. The summed E-state index contributed by atoms with van der Waals surface area (Å²) < 4.78 is 5.50. The second-order valence-corrected chi connectivity index (χ2v) is 4.80. The van der Waals surface area contributed by atoms with Crippen molar-refractivity contribution in [2.24, 2.45) is 0 Å². The molecule has 3 N–H and O–H groups in total. The van der Waals surface area contributed by atoms with Gasteiger partial charge in [-0.05, 0) is 49.9 Å². The van der Waals surface area contributed by atoms with E-state index in [1.807, 2.05) is 19.1 Å². The lowest BCUT2D eigenvalue weighted by Gasteiger charge is -2.11. The van der Waals surface area contributed by atoms with Crippen LogP contribution < -0.4 is 11.1 Å². The van der Waals surface area contributed by atoms with Crippen molar-refractivity contribution in [2.75, 3.05) is 17.7 Å². The van der Waals surface area contributed by atoms with Crippen LogP contribution in [0, 0.1) is 6.92 Å². The molecule has 2 rings (SSSR count). The highest BCUT2D eigenvalue weighted by Crippen LogP contribution is 2.20. The molecule has 1 fully saturated rings. The predicted molar refractivity (Wildman–Crippen MR) is 72.4 cm³/mol. The SMILES string of the molecule is Cc1cc(N)ccc1NC(=O)CCC1CCCO1. The van der Waals surface area contributed by atoms with Gasteiger partial charge in [0.25, 0.3) is 0 Å². The number of nitrogens with two attached hydrogens (primary N) is 1. The Morgan fingerprint density at radius 3 is 3.06 bits per heavy atom. The molecule has 98 valence electrons. The Balaban J connectivity index is 1.82. The molecule has 1 aliphatic rings. The Morgan fingerprint density at radius 1 is 1.56 bits per heavy atom. The van der Waals surface area contributed by atoms with Crippen LogP contribution in [-0.4, -0.2) is 18.6 Å². The number of carbonyl (C=O) groups excluding carboxylic acids is 1. The van der Waals surface area contributed by atoms with E-state index >= 15 is 0 Å². The van der Waals surface area contributed by atoms with E-state index in [0.29, 0.717) is 12.1 Å². The third-order valence-electron chi connectivity index (χ3n) is 3.24. The number of anilines is 2. The summed E-state index contributed by atoms with van der Waals surface area (Å²) in [7, 11) is 0. The minimum absolute atomic E-state index is 0.0402. The molecular weight excluding hydrogens is 228 g/mol. The first-order valence-corrected chi connectivity index (χ1v) is 6.43. The van der Waals surface area contributed by atoms with Crippen molar-refractivity contribution in [2.45, 2.75) is 38.7 Å². The van der Waals surface area contributed by atoms with Gasteiger partial charge in [-0.1, -0.05) is 0 Å². The highest BCUT2D eigenvalue weighted by molar-refractivity contribution is 5.91. The summed E-state index contributed by atoms with van der Waals surface area (Å²) in [6.45, 7) is 2.77. The van der Waals surface area contributed by atoms with Gasteiger partial charge in [-0.15, -0.1) is 0 Å². The zero-order valence-corrected chi connectivity index (χ0v) is 10.7. The lowest BCUT2D eigenvalue weighted by atomic mass is 10.1. The van der Waals surface area contributed by atoms with Gasteiger partial charge in [0.1, 0.15) is 0 Å². The molecule has 4 heteroatoms. The zero-order valence-electron chi connectivity index (χ0n) is 10.7. The Hall–Kier alpha value is -1.55. The molecule has 1 aliphatic heterocycles. The number of carbonyl (C=O) groups is 1. The van der Waals surface area contributed by atoms with Crippen molar-refractivity contribution in [1.82, 2.24) is 0 Å². The van der Waals surface area contributed by atoms with E-state index in [0.717, 1.165) is 37.1 Å². The molecule has 4 nitrogen and oxygen atoms in total. The number of amides is 1. The fraction of sp³-hybridized carbons (Fsp3) is 0.500. The van der Waals surface area contributed by atoms with E-state index in [1.165, 1.54) is 0 Å². The number of hydrogen-bond acceptors (Lipinski definition) is 3. The Bertz CT molecular complexity index is 426. The third kappa shape index (κ3) is 3.47. The van der Waals surface area contributed by atoms with E-state index in [4.69, 9.17) is 10.5 Å². The summed E-state index contributed by atoms with van der Waals surface area (Å²) >= 11 is 0. The van der Waals surface area contributed by atoms with Gasteiger partial charge < -0.3 is 15.8 Å². The number of rotatable bonds is 4. The summed E-state index contributed by atoms with van der Waals surface area (Å²) in [6, 6.07) is 5.49. The van der Waals surface area contributed by atoms with Gasteiger partial charge in [-0.2, -0.15) is 0 Å². The molecule has 1 unspecified atom stereocenters. The third-order valence-corrected chi connectivity index (χ3v) is 3.24.